The Morgan fingerprint density at radius 3 is 2.47 bits per heavy atom. The first-order valence-electron chi connectivity index (χ1n) is 10.9. The number of nitro groups is 1. The molecule has 1 aliphatic heterocycles. The molecule has 2 aromatic carbocycles. The summed E-state index contributed by atoms with van der Waals surface area (Å²) in [6.45, 7) is 2.96. The first-order valence-corrected chi connectivity index (χ1v) is 11.3. The second-order valence-electron chi connectivity index (χ2n) is 7.93. The molecule has 2 heterocycles. The molecule has 0 spiro atoms. The number of ether oxygens (including phenoxy) is 1. The highest BCUT2D eigenvalue weighted by Crippen LogP contribution is 2.27. The van der Waals surface area contributed by atoms with Gasteiger partial charge < -0.3 is 9.64 Å². The highest BCUT2D eigenvalue weighted by molar-refractivity contribution is 6.30. The van der Waals surface area contributed by atoms with Gasteiger partial charge in [-0.3, -0.25) is 19.7 Å². The fourth-order valence-electron chi connectivity index (χ4n) is 3.97. The summed E-state index contributed by atoms with van der Waals surface area (Å²) < 4.78 is 6.64. The van der Waals surface area contributed by atoms with Gasteiger partial charge in [-0.15, -0.1) is 0 Å². The second kappa shape index (κ2) is 10.0. The van der Waals surface area contributed by atoms with Crippen LogP contribution in [0.2, 0.25) is 5.02 Å². The van der Waals surface area contributed by atoms with E-state index in [4.69, 9.17) is 16.3 Å². The van der Waals surface area contributed by atoms with Crippen molar-refractivity contribution in [3.05, 3.63) is 75.4 Å². The first kappa shape index (κ1) is 23.4. The molecule has 10 heteroatoms. The Morgan fingerprint density at radius 1 is 1.15 bits per heavy atom. The fraction of sp³-hybridized carbons (Fsp3) is 0.292. The van der Waals surface area contributed by atoms with E-state index in [9.17, 15) is 19.7 Å². The summed E-state index contributed by atoms with van der Waals surface area (Å²) in [7, 11) is 0. The molecule has 1 aromatic heterocycles. The number of benzene rings is 2. The largest absolute Gasteiger partial charge is 0.466 e. The number of hydrogen-bond acceptors (Lipinski definition) is 6. The van der Waals surface area contributed by atoms with Crippen LogP contribution in [0.1, 0.15) is 30.3 Å². The number of non-ortho nitro benzene ring substituents is 1. The van der Waals surface area contributed by atoms with E-state index >= 15 is 0 Å². The van der Waals surface area contributed by atoms with E-state index in [0.717, 1.165) is 0 Å². The lowest BCUT2D eigenvalue weighted by Crippen LogP contribution is -2.41. The topological polar surface area (TPSA) is 108 Å². The molecule has 0 radical (unpaired) electrons. The number of carbonyl (C=O) groups excluding carboxylic acids is 2. The van der Waals surface area contributed by atoms with Gasteiger partial charge in [0.15, 0.2) is 0 Å². The Bertz CT molecular complexity index is 1220. The molecule has 0 aliphatic carbocycles. The van der Waals surface area contributed by atoms with Crippen LogP contribution in [0.25, 0.3) is 16.9 Å². The zero-order valence-electron chi connectivity index (χ0n) is 18.5. The minimum absolute atomic E-state index is 0.0289. The summed E-state index contributed by atoms with van der Waals surface area (Å²) in [4.78, 5) is 37.8. The van der Waals surface area contributed by atoms with Crippen molar-refractivity contribution in [2.24, 2.45) is 5.92 Å². The molecular formula is C24H23ClN4O5. The molecule has 0 saturated carbocycles. The van der Waals surface area contributed by atoms with Gasteiger partial charge in [-0.05, 0) is 56.2 Å². The van der Waals surface area contributed by atoms with E-state index < -0.39 is 4.92 Å². The Labute approximate surface area is 201 Å². The molecule has 1 saturated heterocycles. The average molecular weight is 483 g/mol. The normalized spacial score (nSPS) is 14.1. The van der Waals surface area contributed by atoms with Crippen LogP contribution in [0, 0.1) is 16.0 Å². The Hall–Kier alpha value is -3.72. The monoisotopic (exact) mass is 482 g/mol. The number of likely N-dealkylation sites (tertiary alicyclic amines) is 1. The summed E-state index contributed by atoms with van der Waals surface area (Å²) in [6, 6.07) is 14.7. The number of rotatable bonds is 6. The SMILES string of the molecule is CCOC(=O)C1CCN(C(=O)c2cc(-c3ccc([N+](=O)[O-])cc3)nn2-c2cccc(Cl)c2)CC1. The number of hydrogen-bond donors (Lipinski definition) is 0. The number of halogens is 1. The zero-order valence-corrected chi connectivity index (χ0v) is 19.3. The maximum Gasteiger partial charge on any atom is 0.309 e. The average Bonchev–Trinajstić information content (AvgIpc) is 3.29. The van der Waals surface area contributed by atoms with Crippen LogP contribution < -0.4 is 0 Å². The maximum atomic E-state index is 13.5. The van der Waals surface area contributed by atoms with Crippen LogP contribution >= 0.6 is 11.6 Å². The minimum atomic E-state index is -0.469. The van der Waals surface area contributed by atoms with Gasteiger partial charge in [0.25, 0.3) is 11.6 Å². The van der Waals surface area contributed by atoms with Gasteiger partial charge in [0, 0.05) is 35.8 Å². The van der Waals surface area contributed by atoms with Gasteiger partial charge in [-0.25, -0.2) is 4.68 Å². The maximum absolute atomic E-state index is 13.5. The van der Waals surface area contributed by atoms with E-state index in [1.54, 1.807) is 54.3 Å². The van der Waals surface area contributed by atoms with Crippen LogP contribution in [-0.2, 0) is 9.53 Å². The number of piperidine rings is 1. The third kappa shape index (κ3) is 4.94. The number of esters is 1. The third-order valence-corrected chi connectivity index (χ3v) is 5.99. The molecule has 0 bridgehead atoms. The van der Waals surface area contributed by atoms with Crippen LogP contribution in [0.3, 0.4) is 0 Å². The summed E-state index contributed by atoms with van der Waals surface area (Å²) in [5.41, 5.74) is 2.07. The van der Waals surface area contributed by atoms with E-state index in [2.05, 4.69) is 5.10 Å². The molecule has 0 unspecified atom stereocenters. The molecule has 4 rings (SSSR count). The van der Waals surface area contributed by atoms with Crippen molar-refractivity contribution < 1.29 is 19.2 Å². The Balaban J connectivity index is 1.65. The molecule has 0 N–H and O–H groups in total. The van der Waals surface area contributed by atoms with Crippen molar-refractivity contribution in [3.63, 3.8) is 0 Å². The lowest BCUT2D eigenvalue weighted by Gasteiger charge is -2.30. The summed E-state index contributed by atoms with van der Waals surface area (Å²) in [6.07, 6.45) is 1.07. The van der Waals surface area contributed by atoms with Crippen LogP contribution in [0.4, 0.5) is 5.69 Å². The van der Waals surface area contributed by atoms with E-state index in [1.807, 2.05) is 0 Å². The zero-order chi connectivity index (χ0) is 24.2. The van der Waals surface area contributed by atoms with E-state index in [0.29, 0.717) is 60.2 Å². The van der Waals surface area contributed by atoms with Crippen molar-refractivity contribution in [2.75, 3.05) is 19.7 Å². The number of nitro benzene ring substituents is 1. The van der Waals surface area contributed by atoms with Gasteiger partial charge in [-0.1, -0.05) is 17.7 Å². The highest BCUT2D eigenvalue weighted by Gasteiger charge is 2.30. The van der Waals surface area contributed by atoms with Crippen LogP contribution in [0.15, 0.2) is 54.6 Å². The minimum Gasteiger partial charge on any atom is -0.466 e. The quantitative estimate of drug-likeness (QED) is 0.290. The molecule has 3 aromatic rings. The molecule has 1 fully saturated rings. The molecular weight excluding hydrogens is 460 g/mol. The number of aromatic nitrogens is 2. The van der Waals surface area contributed by atoms with Gasteiger partial charge in [-0.2, -0.15) is 5.10 Å². The second-order valence-corrected chi connectivity index (χ2v) is 8.37. The van der Waals surface area contributed by atoms with Crippen molar-refractivity contribution >= 4 is 29.2 Å². The van der Waals surface area contributed by atoms with Crippen molar-refractivity contribution in [1.29, 1.82) is 0 Å². The molecule has 0 atom stereocenters. The first-order chi connectivity index (χ1) is 16.4. The van der Waals surface area contributed by atoms with Gasteiger partial charge in [0.2, 0.25) is 0 Å². The van der Waals surface area contributed by atoms with Crippen molar-refractivity contribution in [2.45, 2.75) is 19.8 Å². The Kier molecular flexibility index (Phi) is 6.93. The number of carbonyl (C=O) groups is 2. The van der Waals surface area contributed by atoms with E-state index in [1.165, 1.54) is 16.8 Å². The molecule has 9 nitrogen and oxygen atoms in total. The van der Waals surface area contributed by atoms with Crippen molar-refractivity contribution in [1.82, 2.24) is 14.7 Å². The van der Waals surface area contributed by atoms with Crippen molar-refractivity contribution in [3.8, 4) is 16.9 Å². The number of nitrogens with zero attached hydrogens (tertiary/aromatic N) is 4. The predicted octanol–water partition coefficient (Wildman–Crippen LogP) is 4.52. The van der Waals surface area contributed by atoms with Crippen LogP contribution in [-0.4, -0.2) is 51.2 Å². The molecule has 34 heavy (non-hydrogen) atoms. The van der Waals surface area contributed by atoms with E-state index in [-0.39, 0.29) is 23.5 Å². The standard InChI is InChI=1S/C24H23ClN4O5/c1-2-34-24(31)17-10-12-27(13-11-17)23(30)22-15-21(16-6-8-19(9-7-16)29(32)33)26-28(22)20-5-3-4-18(25)14-20/h3-9,14-15,17H,2,10-13H2,1H3. The van der Waals surface area contributed by atoms with Gasteiger partial charge in [0.1, 0.15) is 5.69 Å². The number of amides is 1. The third-order valence-electron chi connectivity index (χ3n) is 5.76. The lowest BCUT2D eigenvalue weighted by atomic mass is 9.97. The molecule has 176 valence electrons. The smallest absolute Gasteiger partial charge is 0.309 e. The molecule has 1 amide bonds. The summed E-state index contributed by atoms with van der Waals surface area (Å²) >= 11 is 6.17. The summed E-state index contributed by atoms with van der Waals surface area (Å²) in [5, 5.41) is 16.1. The summed E-state index contributed by atoms with van der Waals surface area (Å²) in [5.74, 6) is -0.653. The Morgan fingerprint density at radius 2 is 1.85 bits per heavy atom. The van der Waals surface area contributed by atoms with Gasteiger partial charge >= 0.3 is 5.97 Å². The highest BCUT2D eigenvalue weighted by atomic mass is 35.5. The molecule has 1 aliphatic rings. The lowest BCUT2D eigenvalue weighted by molar-refractivity contribution is -0.384. The predicted molar refractivity (Wildman–Crippen MR) is 126 cm³/mol. The van der Waals surface area contributed by atoms with Gasteiger partial charge in [0.05, 0.1) is 28.8 Å². The fourth-order valence-corrected chi connectivity index (χ4v) is 4.16. The van der Waals surface area contributed by atoms with Crippen LogP contribution in [0.5, 0.6) is 0 Å².